The lowest BCUT2D eigenvalue weighted by molar-refractivity contribution is -0.852. The third-order valence-electron chi connectivity index (χ3n) is 4.60. The van der Waals surface area contributed by atoms with Crippen molar-refractivity contribution in [2.45, 2.75) is 18.8 Å². The highest BCUT2D eigenvalue weighted by Crippen LogP contribution is 2.35. The average Bonchev–Trinajstić information content (AvgIpc) is 3.10. The van der Waals surface area contributed by atoms with Gasteiger partial charge in [0.05, 0.1) is 0 Å². The molecule has 0 amide bonds. The van der Waals surface area contributed by atoms with Crippen LogP contribution in [0.5, 0.6) is 0 Å². The Morgan fingerprint density at radius 3 is 1.89 bits per heavy atom. The van der Waals surface area contributed by atoms with E-state index in [2.05, 4.69) is 67.4 Å². The molecule has 5 heterocycles. The maximum Gasteiger partial charge on any atom is 0.541 e. The quantitative estimate of drug-likeness (QED) is 0.624. The molecule has 4 nitrogen and oxygen atoms in total. The minimum atomic E-state index is -0.200. The monoisotopic (exact) mass is 252 g/mol. The van der Waals surface area contributed by atoms with Crippen LogP contribution in [0.2, 0.25) is 0 Å². The van der Waals surface area contributed by atoms with Crippen molar-refractivity contribution in [3.8, 4) is 0 Å². The lowest BCUT2D eigenvalue weighted by atomic mass is 10.3. The van der Waals surface area contributed by atoms with Gasteiger partial charge < -0.3 is 0 Å². The molecule has 1 saturated heterocycles. The normalized spacial score (nSPS) is 21.9. The van der Waals surface area contributed by atoms with E-state index in [1.807, 2.05) is 0 Å². The molecule has 4 heteroatoms. The summed E-state index contributed by atoms with van der Waals surface area (Å²) in [6, 6.07) is 8.68. The van der Waals surface area contributed by atoms with Gasteiger partial charge in [0.2, 0.25) is 0 Å². The van der Waals surface area contributed by atoms with Crippen molar-refractivity contribution < 1.29 is 9.15 Å². The van der Waals surface area contributed by atoms with Gasteiger partial charge in [-0.15, -0.1) is 9.15 Å². The Labute approximate surface area is 111 Å². The summed E-state index contributed by atoms with van der Waals surface area (Å²) in [5.41, 5.74) is 2.59. The van der Waals surface area contributed by atoms with Crippen LogP contribution < -0.4 is 0 Å². The molecule has 0 bridgehead atoms. The van der Waals surface area contributed by atoms with Crippen LogP contribution >= 0.6 is 0 Å². The molecule has 2 aromatic rings. The molecular formula is C15H16N4+2. The maximum absolute atomic E-state index is 2.49. The lowest BCUT2D eigenvalue weighted by Crippen LogP contribution is -2.53. The minimum Gasteiger partial charge on any atom is -0.201 e. The van der Waals surface area contributed by atoms with Gasteiger partial charge in [0.25, 0.3) is 0 Å². The van der Waals surface area contributed by atoms with E-state index in [1.165, 1.54) is 24.2 Å². The van der Waals surface area contributed by atoms with Crippen molar-refractivity contribution in [2.24, 2.45) is 0 Å². The first-order chi connectivity index (χ1) is 9.40. The number of rotatable bonds is 0. The Morgan fingerprint density at radius 1 is 0.842 bits per heavy atom. The fourth-order valence-electron chi connectivity index (χ4n) is 3.87. The summed E-state index contributed by atoms with van der Waals surface area (Å²) < 4.78 is 9.77. The molecule has 1 fully saturated rings. The molecule has 2 aromatic heterocycles. The van der Waals surface area contributed by atoms with Gasteiger partial charge >= 0.3 is 5.91 Å². The van der Waals surface area contributed by atoms with Gasteiger partial charge in [0, 0.05) is 25.2 Å². The zero-order chi connectivity index (χ0) is 12.4. The van der Waals surface area contributed by atoms with Crippen LogP contribution in [0, 0.1) is 0 Å². The second kappa shape index (κ2) is 3.07. The van der Waals surface area contributed by atoms with E-state index in [9.17, 15) is 0 Å². The molecule has 3 aliphatic heterocycles. The molecule has 19 heavy (non-hydrogen) atoms. The third-order valence-corrected chi connectivity index (χ3v) is 4.60. The van der Waals surface area contributed by atoms with Crippen molar-refractivity contribution in [1.82, 2.24) is 9.13 Å². The van der Waals surface area contributed by atoms with Crippen LogP contribution in [0.4, 0.5) is 0 Å². The number of fused-ring (bicyclic) bond motifs is 2. The van der Waals surface area contributed by atoms with E-state index in [-0.39, 0.29) is 5.91 Å². The second-order valence-corrected chi connectivity index (χ2v) is 5.56. The second-order valence-electron chi connectivity index (χ2n) is 5.56. The van der Waals surface area contributed by atoms with E-state index in [1.54, 1.807) is 0 Å². The Kier molecular flexibility index (Phi) is 1.58. The average molecular weight is 252 g/mol. The van der Waals surface area contributed by atoms with Gasteiger partial charge in [-0.2, -0.15) is 0 Å². The molecular weight excluding hydrogens is 236 g/mol. The fraction of sp³-hybridized carbons (Fsp3) is 0.333. The highest BCUT2D eigenvalue weighted by Gasteiger charge is 2.64. The van der Waals surface area contributed by atoms with Gasteiger partial charge in [0.15, 0.2) is 25.5 Å². The Morgan fingerprint density at radius 2 is 1.37 bits per heavy atom. The first kappa shape index (κ1) is 9.78. The summed E-state index contributed by atoms with van der Waals surface area (Å²) >= 11 is 0. The maximum atomic E-state index is 2.49. The molecule has 94 valence electrons. The van der Waals surface area contributed by atoms with E-state index >= 15 is 0 Å². The lowest BCUT2D eigenvalue weighted by Gasteiger charge is -2.21. The van der Waals surface area contributed by atoms with Gasteiger partial charge in [-0.25, -0.2) is 9.13 Å². The molecule has 0 unspecified atom stereocenters. The van der Waals surface area contributed by atoms with Gasteiger partial charge in [-0.3, -0.25) is 0 Å². The molecule has 0 atom stereocenters. The van der Waals surface area contributed by atoms with Crippen molar-refractivity contribution in [3.63, 3.8) is 0 Å². The highest BCUT2D eigenvalue weighted by atomic mass is 15.6. The number of hydrogen-bond acceptors (Lipinski definition) is 0. The molecule has 3 aliphatic rings. The van der Waals surface area contributed by atoms with Crippen LogP contribution in [0.3, 0.4) is 0 Å². The first-order valence-corrected chi connectivity index (χ1v) is 6.99. The van der Waals surface area contributed by atoms with Crippen molar-refractivity contribution in [3.05, 3.63) is 48.0 Å². The molecule has 0 aromatic carbocycles. The molecule has 0 aliphatic carbocycles. The van der Waals surface area contributed by atoms with Gasteiger partial charge in [-0.1, -0.05) is 0 Å². The van der Waals surface area contributed by atoms with Crippen molar-refractivity contribution >= 4 is 12.4 Å². The zero-order valence-corrected chi connectivity index (χ0v) is 10.7. The first-order valence-electron chi connectivity index (χ1n) is 6.99. The smallest absolute Gasteiger partial charge is 0.201 e. The fourth-order valence-corrected chi connectivity index (χ4v) is 3.87. The molecule has 0 saturated carbocycles. The summed E-state index contributed by atoms with van der Waals surface area (Å²) in [6.07, 6.45) is 11.5. The summed E-state index contributed by atoms with van der Waals surface area (Å²) in [6.45, 7) is 2.23. The number of nitrogens with zero attached hydrogens (tertiary/aromatic N) is 4. The van der Waals surface area contributed by atoms with Gasteiger partial charge in [0.1, 0.15) is 11.4 Å². The van der Waals surface area contributed by atoms with Crippen LogP contribution in [-0.2, 0) is 5.91 Å². The summed E-state index contributed by atoms with van der Waals surface area (Å²) in [5, 5.41) is 0. The van der Waals surface area contributed by atoms with Gasteiger partial charge in [-0.05, 0) is 24.3 Å². The zero-order valence-electron chi connectivity index (χ0n) is 10.7. The standard InChI is InChI=1S/C15H16N4/c1-2-8-17-12-14-6-4-10-19(14)15(17)16(7-1)11-13-5-3-9-18(13)15/h3-6,9-12H,1-2,7-8H2/q+2. The van der Waals surface area contributed by atoms with Crippen LogP contribution in [0.15, 0.2) is 36.7 Å². The molecule has 1 spiro atoms. The van der Waals surface area contributed by atoms with Crippen LogP contribution in [-0.4, -0.2) is 43.8 Å². The SMILES string of the molecule is C1=[N+]2CCCC[N+]3=Cc4cccn4C23n2cccc21. The predicted molar refractivity (Wildman–Crippen MR) is 72.1 cm³/mol. The minimum absolute atomic E-state index is 0.200. The summed E-state index contributed by atoms with van der Waals surface area (Å²) in [5.74, 6) is -0.200. The molecule has 0 N–H and O–H groups in total. The largest absolute Gasteiger partial charge is 0.541 e. The molecule has 5 rings (SSSR count). The van der Waals surface area contributed by atoms with Crippen molar-refractivity contribution in [1.29, 1.82) is 0 Å². The van der Waals surface area contributed by atoms with E-state index in [4.69, 9.17) is 0 Å². The Balaban J connectivity index is 1.91. The predicted octanol–water partition coefficient (Wildman–Crippen LogP) is 1.09. The number of aromatic nitrogens is 2. The van der Waals surface area contributed by atoms with Crippen molar-refractivity contribution in [2.75, 3.05) is 13.1 Å². The third kappa shape index (κ3) is 0.949. The Hall–Kier alpha value is -2.10. The highest BCUT2D eigenvalue weighted by molar-refractivity contribution is 5.78. The van der Waals surface area contributed by atoms with Crippen LogP contribution in [0.1, 0.15) is 24.2 Å². The summed E-state index contributed by atoms with van der Waals surface area (Å²) in [7, 11) is 0. The molecule has 0 radical (unpaired) electrons. The summed E-state index contributed by atoms with van der Waals surface area (Å²) in [4.78, 5) is 0. The van der Waals surface area contributed by atoms with Crippen LogP contribution in [0.25, 0.3) is 0 Å². The topological polar surface area (TPSA) is 15.9 Å². The van der Waals surface area contributed by atoms with E-state index < -0.39 is 0 Å². The van der Waals surface area contributed by atoms with E-state index in [0.717, 1.165) is 13.1 Å². The number of hydrogen-bond donors (Lipinski definition) is 0. The Bertz CT molecular complexity index is 680. The van der Waals surface area contributed by atoms with E-state index in [0.29, 0.717) is 0 Å².